The molecule has 8 nitrogen and oxygen atoms in total. The van der Waals surface area contributed by atoms with Gasteiger partial charge in [-0.2, -0.15) is 14.7 Å². The van der Waals surface area contributed by atoms with Gasteiger partial charge in [-0.15, -0.1) is 0 Å². The van der Waals surface area contributed by atoms with Crippen LogP contribution in [-0.2, 0) is 21.0 Å². The lowest BCUT2D eigenvalue weighted by atomic mass is 10.2. The van der Waals surface area contributed by atoms with Crippen LogP contribution in [0.2, 0.25) is 0 Å². The lowest BCUT2D eigenvalue weighted by Gasteiger charge is -2.10. The molecule has 2 aromatic rings. The zero-order valence-corrected chi connectivity index (χ0v) is 15.4. The third kappa shape index (κ3) is 4.17. The van der Waals surface area contributed by atoms with Crippen molar-refractivity contribution in [1.29, 1.82) is 0 Å². The number of hydrogen-bond donors (Lipinski definition) is 0. The molecule has 0 aliphatic carbocycles. The second-order valence-electron chi connectivity index (χ2n) is 6.16. The molecule has 3 rings (SSSR count). The summed E-state index contributed by atoms with van der Waals surface area (Å²) in [5.74, 6) is -1.02. The van der Waals surface area contributed by atoms with Gasteiger partial charge in [-0.25, -0.2) is 4.79 Å². The quantitative estimate of drug-likeness (QED) is 0.455. The van der Waals surface area contributed by atoms with E-state index in [2.05, 4.69) is 10.3 Å². The Bertz CT molecular complexity index is 905. The minimum Gasteiger partial charge on any atom is -0.377 e. The van der Waals surface area contributed by atoms with Crippen LogP contribution in [0.15, 0.2) is 65.1 Å². The van der Waals surface area contributed by atoms with Crippen LogP contribution < -0.4 is 14.5 Å². The number of anilines is 2. The fourth-order valence-corrected chi connectivity index (χ4v) is 2.47. The highest BCUT2D eigenvalue weighted by molar-refractivity contribution is 6.71. The van der Waals surface area contributed by atoms with E-state index >= 15 is 0 Å². The van der Waals surface area contributed by atoms with Gasteiger partial charge in [0.25, 0.3) is 0 Å². The minimum absolute atomic E-state index is 0.0140. The van der Waals surface area contributed by atoms with Crippen LogP contribution in [0.1, 0.15) is 6.92 Å². The SMILES string of the molecule is CC1=NN(c2ccccc2)C(=O)C1=NOC(=O)C[n+]1ccc(N(C)C)cc1. The summed E-state index contributed by atoms with van der Waals surface area (Å²) >= 11 is 0. The summed E-state index contributed by atoms with van der Waals surface area (Å²) in [5.41, 5.74) is 2.04. The van der Waals surface area contributed by atoms with E-state index in [1.54, 1.807) is 48.1 Å². The standard InChI is InChI=1S/C19H20N5O3/c1-14-18(19(26)24(20-14)16-7-5-4-6-8-16)21-27-17(25)13-23-11-9-15(10-12-23)22(2)3/h4-12H,13H2,1-3H3/q+1. The van der Waals surface area contributed by atoms with Gasteiger partial charge in [-0.1, -0.05) is 23.4 Å². The second-order valence-corrected chi connectivity index (χ2v) is 6.16. The van der Waals surface area contributed by atoms with E-state index in [9.17, 15) is 9.59 Å². The molecule has 0 saturated heterocycles. The van der Waals surface area contributed by atoms with E-state index < -0.39 is 11.9 Å². The molecule has 138 valence electrons. The number of oxime groups is 1. The van der Waals surface area contributed by atoms with Crippen molar-refractivity contribution in [3.8, 4) is 0 Å². The van der Waals surface area contributed by atoms with Crippen molar-refractivity contribution in [1.82, 2.24) is 0 Å². The molecule has 0 bridgehead atoms. The van der Waals surface area contributed by atoms with Crippen LogP contribution in [0, 0.1) is 0 Å². The van der Waals surface area contributed by atoms with E-state index in [1.807, 2.05) is 37.2 Å². The first-order valence-electron chi connectivity index (χ1n) is 8.35. The van der Waals surface area contributed by atoms with Gasteiger partial charge >= 0.3 is 11.9 Å². The number of aromatic nitrogens is 1. The zero-order valence-electron chi connectivity index (χ0n) is 15.4. The van der Waals surface area contributed by atoms with Gasteiger partial charge in [0.15, 0.2) is 18.1 Å². The number of hydrazone groups is 1. The number of nitrogens with zero attached hydrogens (tertiary/aromatic N) is 5. The zero-order chi connectivity index (χ0) is 19.4. The van der Waals surface area contributed by atoms with Crippen LogP contribution in [0.5, 0.6) is 0 Å². The number of pyridine rings is 1. The maximum atomic E-state index is 12.5. The van der Waals surface area contributed by atoms with Crippen molar-refractivity contribution in [2.75, 3.05) is 24.0 Å². The maximum absolute atomic E-state index is 12.5. The van der Waals surface area contributed by atoms with E-state index in [-0.39, 0.29) is 12.3 Å². The Hall–Kier alpha value is -3.55. The third-order valence-corrected chi connectivity index (χ3v) is 3.93. The predicted octanol–water partition coefficient (Wildman–Crippen LogP) is 1.36. The van der Waals surface area contributed by atoms with Crippen molar-refractivity contribution in [3.63, 3.8) is 0 Å². The normalized spacial score (nSPS) is 15.1. The smallest absolute Gasteiger partial charge is 0.377 e. The first kappa shape index (κ1) is 18.2. The highest BCUT2D eigenvalue weighted by Crippen LogP contribution is 2.19. The Morgan fingerprint density at radius 3 is 2.48 bits per heavy atom. The van der Waals surface area contributed by atoms with E-state index in [4.69, 9.17) is 4.84 Å². The van der Waals surface area contributed by atoms with Gasteiger partial charge in [0.1, 0.15) is 0 Å². The molecular formula is C19H20N5O3+. The van der Waals surface area contributed by atoms with Gasteiger partial charge < -0.3 is 9.74 Å². The molecule has 0 spiro atoms. The van der Waals surface area contributed by atoms with Crippen LogP contribution in [0.3, 0.4) is 0 Å². The Kier molecular flexibility index (Phi) is 5.25. The van der Waals surface area contributed by atoms with E-state index in [0.29, 0.717) is 11.4 Å². The number of amides is 1. The maximum Gasteiger partial charge on any atom is 0.399 e. The van der Waals surface area contributed by atoms with Crippen molar-refractivity contribution >= 4 is 34.7 Å². The van der Waals surface area contributed by atoms with Crippen LogP contribution in [0.25, 0.3) is 0 Å². The Morgan fingerprint density at radius 1 is 1.19 bits per heavy atom. The number of benzene rings is 1. The van der Waals surface area contributed by atoms with Crippen LogP contribution >= 0.6 is 0 Å². The third-order valence-electron chi connectivity index (χ3n) is 3.93. The van der Waals surface area contributed by atoms with Gasteiger partial charge in [-0.3, -0.25) is 4.79 Å². The van der Waals surface area contributed by atoms with Crippen molar-refractivity contribution in [2.24, 2.45) is 10.3 Å². The fraction of sp³-hybridized carbons (Fsp3) is 0.211. The summed E-state index contributed by atoms with van der Waals surface area (Å²) < 4.78 is 1.67. The van der Waals surface area contributed by atoms with Gasteiger partial charge in [-0.05, 0) is 19.1 Å². The lowest BCUT2D eigenvalue weighted by molar-refractivity contribution is -0.685. The molecule has 0 unspecified atom stereocenters. The summed E-state index contributed by atoms with van der Waals surface area (Å²) in [6.45, 7) is 1.62. The predicted molar refractivity (Wildman–Crippen MR) is 102 cm³/mol. The molecule has 8 heteroatoms. The van der Waals surface area contributed by atoms with Crippen LogP contribution in [-0.4, -0.2) is 37.4 Å². The average molecular weight is 366 g/mol. The van der Waals surface area contributed by atoms with Crippen molar-refractivity contribution < 1.29 is 19.0 Å². The Labute approximate surface area is 157 Å². The van der Waals surface area contributed by atoms with E-state index in [1.165, 1.54) is 5.01 Å². The largest absolute Gasteiger partial charge is 0.399 e. The number of carbonyl (C=O) groups excluding carboxylic acids is 2. The highest BCUT2D eigenvalue weighted by atomic mass is 16.7. The number of hydrogen-bond acceptors (Lipinski definition) is 6. The monoisotopic (exact) mass is 366 g/mol. The van der Waals surface area contributed by atoms with Crippen LogP contribution in [0.4, 0.5) is 11.4 Å². The summed E-state index contributed by atoms with van der Waals surface area (Å²) in [5, 5.41) is 9.14. The molecule has 1 aliphatic heterocycles. The fourth-order valence-electron chi connectivity index (χ4n) is 2.47. The molecule has 0 radical (unpaired) electrons. The summed E-state index contributed by atoms with van der Waals surface area (Å²) in [4.78, 5) is 31.4. The second kappa shape index (κ2) is 7.77. The number of para-hydroxylation sites is 1. The van der Waals surface area contributed by atoms with E-state index in [0.717, 1.165) is 5.69 Å². The lowest BCUT2D eigenvalue weighted by Crippen LogP contribution is -2.38. The molecule has 0 N–H and O–H groups in total. The molecule has 1 aromatic carbocycles. The van der Waals surface area contributed by atoms with Crippen molar-refractivity contribution in [2.45, 2.75) is 13.5 Å². The molecule has 0 saturated carbocycles. The summed E-state index contributed by atoms with van der Waals surface area (Å²) in [6, 6.07) is 12.8. The first-order chi connectivity index (χ1) is 13.0. The Balaban J connectivity index is 1.64. The highest BCUT2D eigenvalue weighted by Gasteiger charge is 2.31. The topological polar surface area (TPSA) is 78.5 Å². The molecule has 1 amide bonds. The molecule has 0 fully saturated rings. The summed E-state index contributed by atoms with van der Waals surface area (Å²) in [7, 11) is 3.87. The summed E-state index contributed by atoms with van der Waals surface area (Å²) in [6.07, 6.45) is 3.54. The van der Waals surface area contributed by atoms with Crippen molar-refractivity contribution in [3.05, 3.63) is 54.9 Å². The molecule has 27 heavy (non-hydrogen) atoms. The average Bonchev–Trinajstić information content (AvgIpc) is 2.95. The molecule has 2 heterocycles. The van der Waals surface area contributed by atoms with Gasteiger partial charge in [0.2, 0.25) is 6.54 Å². The molecule has 1 aliphatic rings. The Morgan fingerprint density at radius 2 is 1.85 bits per heavy atom. The van der Waals surface area contributed by atoms with Gasteiger partial charge in [0, 0.05) is 31.9 Å². The number of rotatable bonds is 5. The molecule has 1 aromatic heterocycles. The molecular weight excluding hydrogens is 346 g/mol. The van der Waals surface area contributed by atoms with Gasteiger partial charge in [0.05, 0.1) is 11.4 Å². The number of carbonyl (C=O) groups is 2. The minimum atomic E-state index is -0.580. The molecule has 0 atom stereocenters. The first-order valence-corrected chi connectivity index (χ1v) is 8.35.